The van der Waals surface area contributed by atoms with Gasteiger partial charge in [-0.25, -0.2) is 9.78 Å². The van der Waals surface area contributed by atoms with Gasteiger partial charge >= 0.3 is 5.97 Å². The maximum Gasteiger partial charge on any atom is 0.326 e. The predicted octanol–water partition coefficient (Wildman–Crippen LogP) is -2.55. The second-order valence-corrected chi connectivity index (χ2v) is 8.00. The van der Waals surface area contributed by atoms with Crippen LogP contribution in [0.25, 0.3) is 0 Å². The number of hydrogen-bond donors (Lipinski definition) is 7. The van der Waals surface area contributed by atoms with Gasteiger partial charge in [0.05, 0.1) is 12.9 Å². The topological polar surface area (TPSA) is 217 Å². The standard InChI is InChI=1S/C20H33N7O6/c21-6-2-1-4-14(19(31)27-7-3-5-16(27)20(32)33)25-18(30)15(8-12-9-23-11-24-12)26-17(29)13(22)10-28/h9,11,13-16,28H,1-8,10,21-22H2,(H,23,24)(H,25,30)(H,26,29)(H,32,33). The van der Waals surface area contributed by atoms with Gasteiger partial charge in [-0.05, 0) is 38.6 Å². The number of likely N-dealkylation sites (tertiary alicyclic amines) is 1. The molecule has 0 bridgehead atoms. The third-order valence-electron chi connectivity index (χ3n) is 5.53. The summed E-state index contributed by atoms with van der Waals surface area (Å²) >= 11 is 0. The number of aliphatic hydroxyl groups excluding tert-OH is 1. The summed E-state index contributed by atoms with van der Waals surface area (Å²) in [6.45, 7) is 0.0998. The number of nitrogens with two attached hydrogens (primary N) is 2. The molecule has 2 heterocycles. The fourth-order valence-electron chi connectivity index (χ4n) is 3.70. The zero-order valence-corrected chi connectivity index (χ0v) is 18.4. The van der Waals surface area contributed by atoms with E-state index in [9.17, 15) is 24.3 Å². The largest absolute Gasteiger partial charge is 0.480 e. The molecule has 0 aromatic carbocycles. The number of aromatic amines is 1. The van der Waals surface area contributed by atoms with E-state index >= 15 is 0 Å². The van der Waals surface area contributed by atoms with Crippen LogP contribution in [0.2, 0.25) is 0 Å². The Morgan fingerprint density at radius 1 is 1.21 bits per heavy atom. The van der Waals surface area contributed by atoms with Crippen molar-refractivity contribution in [1.29, 1.82) is 0 Å². The summed E-state index contributed by atoms with van der Waals surface area (Å²) in [6, 6.07) is -4.23. The third kappa shape index (κ3) is 7.51. The van der Waals surface area contributed by atoms with Crippen molar-refractivity contribution in [2.45, 2.75) is 62.7 Å². The van der Waals surface area contributed by atoms with Gasteiger partial charge in [0.1, 0.15) is 24.2 Å². The van der Waals surface area contributed by atoms with Crippen LogP contribution >= 0.6 is 0 Å². The minimum absolute atomic E-state index is 0.0426. The Labute approximate surface area is 191 Å². The molecule has 1 aliphatic rings. The number of carbonyl (C=O) groups excluding carboxylic acids is 3. The summed E-state index contributed by atoms with van der Waals surface area (Å²) in [7, 11) is 0. The number of carboxylic acid groups (broad SMARTS) is 1. The van der Waals surface area contributed by atoms with E-state index in [2.05, 4.69) is 20.6 Å². The molecule has 3 amide bonds. The molecule has 13 nitrogen and oxygen atoms in total. The first-order chi connectivity index (χ1) is 15.8. The fraction of sp³-hybridized carbons (Fsp3) is 0.650. The van der Waals surface area contributed by atoms with Crippen LogP contribution in [0.1, 0.15) is 37.8 Å². The van der Waals surface area contributed by atoms with Gasteiger partial charge < -0.3 is 42.2 Å². The van der Waals surface area contributed by atoms with Crippen molar-refractivity contribution in [3.05, 3.63) is 18.2 Å². The maximum atomic E-state index is 13.2. The van der Waals surface area contributed by atoms with E-state index in [0.717, 1.165) is 0 Å². The highest BCUT2D eigenvalue weighted by atomic mass is 16.4. The summed E-state index contributed by atoms with van der Waals surface area (Å²) < 4.78 is 0. The highest BCUT2D eigenvalue weighted by molar-refractivity contribution is 5.94. The molecule has 2 rings (SSSR count). The lowest BCUT2D eigenvalue weighted by Crippen LogP contribution is -2.58. The van der Waals surface area contributed by atoms with Gasteiger partial charge in [0, 0.05) is 24.9 Å². The van der Waals surface area contributed by atoms with Gasteiger partial charge in [0.25, 0.3) is 0 Å². The number of H-pyrrole nitrogens is 1. The molecular weight excluding hydrogens is 434 g/mol. The predicted molar refractivity (Wildman–Crippen MR) is 116 cm³/mol. The summed E-state index contributed by atoms with van der Waals surface area (Å²) in [4.78, 5) is 58.0. The van der Waals surface area contributed by atoms with E-state index in [1.54, 1.807) is 0 Å². The summed E-state index contributed by atoms with van der Waals surface area (Å²) in [5, 5.41) is 23.7. The van der Waals surface area contributed by atoms with Crippen LogP contribution in [0, 0.1) is 0 Å². The molecule has 4 atom stereocenters. The van der Waals surface area contributed by atoms with E-state index in [1.165, 1.54) is 17.4 Å². The lowest BCUT2D eigenvalue weighted by atomic mass is 10.0. The SMILES string of the molecule is NCCCCC(NC(=O)C(Cc1cnc[nH]1)NC(=O)C(N)CO)C(=O)N1CCCC1C(=O)O. The Balaban J connectivity index is 2.18. The molecule has 13 heteroatoms. The van der Waals surface area contributed by atoms with Crippen molar-refractivity contribution in [2.24, 2.45) is 11.5 Å². The molecule has 1 fully saturated rings. The molecule has 1 aliphatic heterocycles. The number of carboxylic acids is 1. The maximum absolute atomic E-state index is 13.2. The Morgan fingerprint density at radius 3 is 2.55 bits per heavy atom. The zero-order chi connectivity index (χ0) is 24.4. The first-order valence-electron chi connectivity index (χ1n) is 11.0. The number of carbonyl (C=O) groups is 4. The number of nitrogens with zero attached hydrogens (tertiary/aromatic N) is 2. The van der Waals surface area contributed by atoms with Crippen molar-refractivity contribution in [1.82, 2.24) is 25.5 Å². The van der Waals surface area contributed by atoms with E-state index in [0.29, 0.717) is 44.5 Å². The zero-order valence-electron chi connectivity index (χ0n) is 18.4. The average Bonchev–Trinajstić information content (AvgIpc) is 3.49. The number of amides is 3. The molecule has 0 radical (unpaired) electrons. The summed E-state index contributed by atoms with van der Waals surface area (Å²) in [5.74, 6) is -2.94. The monoisotopic (exact) mass is 467 g/mol. The third-order valence-corrected chi connectivity index (χ3v) is 5.53. The molecule has 33 heavy (non-hydrogen) atoms. The van der Waals surface area contributed by atoms with Gasteiger partial charge in [-0.1, -0.05) is 0 Å². The quantitative estimate of drug-likeness (QED) is 0.152. The van der Waals surface area contributed by atoms with Crippen molar-refractivity contribution in [3.63, 3.8) is 0 Å². The van der Waals surface area contributed by atoms with Crippen LogP contribution in [-0.4, -0.2) is 92.6 Å². The van der Waals surface area contributed by atoms with Crippen molar-refractivity contribution in [2.75, 3.05) is 19.7 Å². The second-order valence-electron chi connectivity index (χ2n) is 8.00. The van der Waals surface area contributed by atoms with E-state index in [1.807, 2.05) is 0 Å². The van der Waals surface area contributed by atoms with Crippen LogP contribution in [-0.2, 0) is 25.6 Å². The molecule has 1 aromatic rings. The normalized spacial score (nSPS) is 18.4. The number of nitrogens with one attached hydrogen (secondary N) is 3. The van der Waals surface area contributed by atoms with Gasteiger partial charge in [-0.15, -0.1) is 0 Å². The van der Waals surface area contributed by atoms with Crippen molar-refractivity contribution < 1.29 is 29.4 Å². The van der Waals surface area contributed by atoms with Crippen LogP contribution < -0.4 is 22.1 Å². The number of rotatable bonds is 13. The van der Waals surface area contributed by atoms with Gasteiger partial charge in [0.2, 0.25) is 17.7 Å². The van der Waals surface area contributed by atoms with Crippen LogP contribution in [0.5, 0.6) is 0 Å². The molecular formula is C20H33N7O6. The van der Waals surface area contributed by atoms with Crippen molar-refractivity contribution >= 4 is 23.7 Å². The number of aliphatic hydroxyl groups is 1. The number of aliphatic carboxylic acids is 1. The molecule has 9 N–H and O–H groups in total. The Morgan fingerprint density at radius 2 is 1.94 bits per heavy atom. The number of aromatic nitrogens is 2. The lowest BCUT2D eigenvalue weighted by Gasteiger charge is -2.29. The smallest absolute Gasteiger partial charge is 0.326 e. The fourth-order valence-corrected chi connectivity index (χ4v) is 3.70. The molecule has 4 unspecified atom stereocenters. The molecule has 1 saturated heterocycles. The Bertz CT molecular complexity index is 803. The molecule has 0 aliphatic carbocycles. The number of unbranched alkanes of at least 4 members (excludes halogenated alkanes) is 1. The minimum atomic E-state index is -1.22. The van der Waals surface area contributed by atoms with E-state index in [4.69, 9.17) is 16.6 Å². The average molecular weight is 468 g/mol. The van der Waals surface area contributed by atoms with Gasteiger partial charge in [0.15, 0.2) is 0 Å². The van der Waals surface area contributed by atoms with E-state index in [-0.39, 0.29) is 12.8 Å². The number of imidazole rings is 1. The minimum Gasteiger partial charge on any atom is -0.480 e. The Kier molecular flexibility index (Phi) is 10.2. The van der Waals surface area contributed by atoms with Crippen LogP contribution in [0.3, 0.4) is 0 Å². The number of hydrogen-bond acceptors (Lipinski definition) is 8. The first-order valence-corrected chi connectivity index (χ1v) is 11.0. The summed E-state index contributed by atoms with van der Waals surface area (Å²) in [5.41, 5.74) is 11.7. The molecule has 0 saturated carbocycles. The van der Waals surface area contributed by atoms with Crippen molar-refractivity contribution in [3.8, 4) is 0 Å². The Hall–Kier alpha value is -3.03. The van der Waals surface area contributed by atoms with Crippen LogP contribution in [0.4, 0.5) is 0 Å². The van der Waals surface area contributed by atoms with E-state index < -0.39 is 54.5 Å². The molecule has 1 aromatic heterocycles. The first kappa shape index (κ1) is 26.2. The lowest BCUT2D eigenvalue weighted by molar-refractivity contribution is -0.149. The van der Waals surface area contributed by atoms with Gasteiger partial charge in [-0.3, -0.25) is 14.4 Å². The molecule has 0 spiro atoms. The highest BCUT2D eigenvalue weighted by Gasteiger charge is 2.38. The van der Waals surface area contributed by atoms with Crippen LogP contribution in [0.15, 0.2) is 12.5 Å². The van der Waals surface area contributed by atoms with Gasteiger partial charge in [-0.2, -0.15) is 0 Å². The highest BCUT2D eigenvalue weighted by Crippen LogP contribution is 2.20. The molecule has 184 valence electrons. The second kappa shape index (κ2) is 12.9. The summed E-state index contributed by atoms with van der Waals surface area (Å²) in [6.07, 6.45) is 5.31.